The van der Waals surface area contributed by atoms with Crippen molar-refractivity contribution in [1.29, 1.82) is 0 Å². The predicted octanol–water partition coefficient (Wildman–Crippen LogP) is 4.42. The molecule has 0 N–H and O–H groups in total. The van der Waals surface area contributed by atoms with Gasteiger partial charge in [0.1, 0.15) is 0 Å². The highest BCUT2D eigenvalue weighted by molar-refractivity contribution is 9.10. The van der Waals surface area contributed by atoms with Crippen LogP contribution in [0.5, 0.6) is 0 Å². The van der Waals surface area contributed by atoms with Crippen LogP contribution >= 0.6 is 50.7 Å². The summed E-state index contributed by atoms with van der Waals surface area (Å²) < 4.78 is 4.19. The molecule has 0 amide bonds. The van der Waals surface area contributed by atoms with Crippen LogP contribution in [0.25, 0.3) is 0 Å². The molecule has 0 aliphatic carbocycles. The molecule has 88 valence electrons. The van der Waals surface area contributed by atoms with E-state index in [-0.39, 0.29) is 0 Å². The van der Waals surface area contributed by atoms with Crippen molar-refractivity contribution in [2.45, 2.75) is 16.8 Å². The summed E-state index contributed by atoms with van der Waals surface area (Å²) in [6.45, 7) is 1.27. The molecule has 0 saturated carbocycles. The summed E-state index contributed by atoms with van der Waals surface area (Å²) in [5, 5.41) is 0. The summed E-state index contributed by atoms with van der Waals surface area (Å²) in [4.78, 5) is 10.9. The van der Waals surface area contributed by atoms with Crippen LogP contribution in [0.2, 0.25) is 0 Å². The van der Waals surface area contributed by atoms with Crippen molar-refractivity contribution in [1.82, 2.24) is 0 Å². The number of halogens is 4. The fraction of sp³-hybridized carbons (Fsp3) is 0.300. The Labute approximate surface area is 117 Å². The first kappa shape index (κ1) is 14.1. The molecule has 0 unspecified atom stereocenters. The third-order valence-electron chi connectivity index (χ3n) is 1.75. The highest BCUT2D eigenvalue weighted by Gasteiger charge is 2.36. The van der Waals surface area contributed by atoms with Gasteiger partial charge < -0.3 is 4.74 Å². The standard InChI is InChI=1S/C10H8BrCl3O2/c1-6(15)16-9(10(12,13)14)7-2-4-8(11)5-3-7/h2-5,9H,1H3/t9-/m1/s1. The average Bonchev–Trinajstić information content (AvgIpc) is 2.14. The zero-order valence-corrected chi connectivity index (χ0v) is 12.1. The molecule has 2 nitrogen and oxygen atoms in total. The van der Waals surface area contributed by atoms with E-state index in [4.69, 9.17) is 39.5 Å². The summed E-state index contributed by atoms with van der Waals surface area (Å²) >= 11 is 20.6. The smallest absolute Gasteiger partial charge is 0.303 e. The number of ether oxygens (including phenoxy) is 1. The lowest BCUT2D eigenvalue weighted by atomic mass is 10.1. The highest BCUT2D eigenvalue weighted by Crippen LogP contribution is 2.42. The second-order valence-electron chi connectivity index (χ2n) is 3.08. The molecule has 1 atom stereocenters. The Hall–Kier alpha value is 0.0400. The molecule has 6 heteroatoms. The minimum Gasteiger partial charge on any atom is -0.453 e. The minimum absolute atomic E-state index is 0.501. The van der Waals surface area contributed by atoms with Crippen LogP contribution in [0.1, 0.15) is 18.6 Å². The maximum Gasteiger partial charge on any atom is 0.303 e. The average molecular weight is 346 g/mol. The second-order valence-corrected chi connectivity index (χ2v) is 6.37. The van der Waals surface area contributed by atoms with Crippen LogP contribution in [0, 0.1) is 0 Å². The Balaban J connectivity index is 3.01. The SMILES string of the molecule is CC(=O)O[C@H](c1ccc(Br)cc1)C(Cl)(Cl)Cl. The Kier molecular flexibility index (Phi) is 4.92. The van der Waals surface area contributed by atoms with E-state index < -0.39 is 15.9 Å². The second kappa shape index (κ2) is 5.58. The Bertz CT molecular complexity index is 373. The maximum atomic E-state index is 10.9. The van der Waals surface area contributed by atoms with E-state index in [1.54, 1.807) is 24.3 Å². The van der Waals surface area contributed by atoms with Crippen molar-refractivity contribution in [2.24, 2.45) is 0 Å². The van der Waals surface area contributed by atoms with Gasteiger partial charge in [-0.05, 0) is 17.7 Å². The molecule has 0 saturated heterocycles. The number of carbonyl (C=O) groups is 1. The van der Waals surface area contributed by atoms with E-state index in [1.807, 2.05) is 0 Å². The molecule has 0 fully saturated rings. The van der Waals surface area contributed by atoms with Gasteiger partial charge in [-0.3, -0.25) is 4.79 Å². The molecule has 1 aromatic rings. The lowest BCUT2D eigenvalue weighted by Crippen LogP contribution is -2.22. The fourth-order valence-corrected chi connectivity index (χ4v) is 1.90. The van der Waals surface area contributed by atoms with Crippen LogP contribution in [-0.4, -0.2) is 9.76 Å². The van der Waals surface area contributed by atoms with E-state index in [0.29, 0.717) is 5.56 Å². The van der Waals surface area contributed by atoms with Gasteiger partial charge in [0, 0.05) is 11.4 Å². The fourth-order valence-electron chi connectivity index (χ4n) is 1.13. The van der Waals surface area contributed by atoms with Gasteiger partial charge in [0.05, 0.1) is 0 Å². The predicted molar refractivity (Wildman–Crippen MR) is 68.9 cm³/mol. The zero-order valence-electron chi connectivity index (χ0n) is 8.22. The molecule has 1 aromatic carbocycles. The highest BCUT2D eigenvalue weighted by atomic mass is 79.9. The molecule has 0 radical (unpaired) electrons. The normalized spacial score (nSPS) is 13.3. The van der Waals surface area contributed by atoms with E-state index in [1.165, 1.54) is 6.92 Å². The van der Waals surface area contributed by atoms with Crippen LogP contribution < -0.4 is 0 Å². The Morgan fingerprint density at radius 3 is 2.19 bits per heavy atom. The molecule has 0 aliphatic heterocycles. The van der Waals surface area contributed by atoms with Gasteiger partial charge in [-0.15, -0.1) is 0 Å². The molecular formula is C10H8BrCl3O2. The number of benzene rings is 1. The lowest BCUT2D eigenvalue weighted by molar-refractivity contribution is -0.146. The number of esters is 1. The summed E-state index contributed by atoms with van der Waals surface area (Å²) in [5.41, 5.74) is 0.624. The summed E-state index contributed by atoms with van der Waals surface area (Å²) in [7, 11) is 0. The number of hydrogen-bond donors (Lipinski definition) is 0. The van der Waals surface area contributed by atoms with Crippen LogP contribution in [0.15, 0.2) is 28.7 Å². The monoisotopic (exact) mass is 344 g/mol. The van der Waals surface area contributed by atoms with Gasteiger partial charge in [-0.1, -0.05) is 62.9 Å². The van der Waals surface area contributed by atoms with E-state index >= 15 is 0 Å². The first-order chi connectivity index (χ1) is 7.30. The van der Waals surface area contributed by atoms with Gasteiger partial charge >= 0.3 is 5.97 Å². The first-order valence-electron chi connectivity index (χ1n) is 4.30. The molecular weight excluding hydrogens is 338 g/mol. The number of carbonyl (C=O) groups excluding carboxylic acids is 1. The van der Waals surface area contributed by atoms with Gasteiger partial charge in [-0.25, -0.2) is 0 Å². The van der Waals surface area contributed by atoms with Crippen LogP contribution in [0.3, 0.4) is 0 Å². The van der Waals surface area contributed by atoms with Crippen LogP contribution in [0.4, 0.5) is 0 Å². The maximum absolute atomic E-state index is 10.9. The van der Waals surface area contributed by atoms with Crippen molar-refractivity contribution < 1.29 is 9.53 Å². The molecule has 0 heterocycles. The topological polar surface area (TPSA) is 26.3 Å². The molecule has 1 rings (SSSR count). The number of alkyl halides is 3. The van der Waals surface area contributed by atoms with Crippen molar-refractivity contribution >= 4 is 56.7 Å². The molecule has 0 aliphatic rings. The zero-order chi connectivity index (χ0) is 12.3. The first-order valence-corrected chi connectivity index (χ1v) is 6.23. The van der Waals surface area contributed by atoms with E-state index in [2.05, 4.69) is 15.9 Å². The third kappa shape index (κ3) is 4.13. The van der Waals surface area contributed by atoms with Gasteiger partial charge in [0.2, 0.25) is 3.79 Å². The van der Waals surface area contributed by atoms with Gasteiger partial charge in [0.15, 0.2) is 6.10 Å². The van der Waals surface area contributed by atoms with E-state index in [9.17, 15) is 4.79 Å². The summed E-state index contributed by atoms with van der Waals surface area (Å²) in [6.07, 6.45) is -0.914. The van der Waals surface area contributed by atoms with Crippen LogP contribution in [-0.2, 0) is 9.53 Å². The van der Waals surface area contributed by atoms with Crippen molar-refractivity contribution in [3.8, 4) is 0 Å². The largest absolute Gasteiger partial charge is 0.453 e. The lowest BCUT2D eigenvalue weighted by Gasteiger charge is -2.24. The minimum atomic E-state index is -1.69. The summed E-state index contributed by atoms with van der Waals surface area (Å²) in [6, 6.07) is 7.00. The molecule has 0 aromatic heterocycles. The van der Waals surface area contributed by atoms with Gasteiger partial charge in [-0.2, -0.15) is 0 Å². The number of rotatable bonds is 2. The third-order valence-corrected chi connectivity index (χ3v) is 2.88. The Morgan fingerprint density at radius 1 is 1.31 bits per heavy atom. The van der Waals surface area contributed by atoms with Crippen molar-refractivity contribution in [3.05, 3.63) is 34.3 Å². The molecule has 0 spiro atoms. The van der Waals surface area contributed by atoms with E-state index in [0.717, 1.165) is 4.47 Å². The van der Waals surface area contributed by atoms with Crippen molar-refractivity contribution in [2.75, 3.05) is 0 Å². The number of hydrogen-bond acceptors (Lipinski definition) is 2. The Morgan fingerprint density at radius 2 is 1.81 bits per heavy atom. The molecule has 0 bridgehead atoms. The van der Waals surface area contributed by atoms with Crippen molar-refractivity contribution in [3.63, 3.8) is 0 Å². The molecule has 16 heavy (non-hydrogen) atoms. The summed E-state index contributed by atoms with van der Waals surface area (Å²) in [5.74, 6) is -0.501. The van der Waals surface area contributed by atoms with Gasteiger partial charge in [0.25, 0.3) is 0 Å². The quantitative estimate of drug-likeness (QED) is 0.585.